The van der Waals surface area contributed by atoms with E-state index in [4.69, 9.17) is 16.3 Å². The van der Waals surface area contributed by atoms with Crippen LogP contribution in [0.5, 0.6) is 11.6 Å². The highest BCUT2D eigenvalue weighted by Gasteiger charge is 2.06. The van der Waals surface area contributed by atoms with Gasteiger partial charge in [-0.2, -0.15) is 0 Å². The average Bonchev–Trinajstić information content (AvgIpc) is 2.34. The van der Waals surface area contributed by atoms with Crippen molar-refractivity contribution in [2.45, 2.75) is 5.88 Å². The summed E-state index contributed by atoms with van der Waals surface area (Å²) in [5.74, 6) is 0.934. The largest absolute Gasteiger partial charge is 0.439 e. The maximum absolute atomic E-state index is 12.7. The smallest absolute Gasteiger partial charge is 0.223 e. The lowest BCUT2D eigenvalue weighted by molar-refractivity contribution is 0.456. The van der Waals surface area contributed by atoms with E-state index in [1.165, 1.54) is 24.3 Å². The van der Waals surface area contributed by atoms with Crippen molar-refractivity contribution < 1.29 is 9.13 Å². The normalized spacial score (nSPS) is 10.3. The number of halogens is 3. The molecule has 0 aliphatic rings. The molecule has 1 heterocycles. The van der Waals surface area contributed by atoms with Crippen LogP contribution in [0.25, 0.3) is 0 Å². The Bertz CT molecular complexity index is 518. The summed E-state index contributed by atoms with van der Waals surface area (Å²) >= 11 is 9.10. The minimum atomic E-state index is -0.307. The van der Waals surface area contributed by atoms with Crippen LogP contribution in [-0.4, -0.2) is 4.98 Å². The van der Waals surface area contributed by atoms with Crippen molar-refractivity contribution in [3.63, 3.8) is 0 Å². The van der Waals surface area contributed by atoms with Gasteiger partial charge in [-0.15, -0.1) is 11.6 Å². The molecule has 0 atom stereocenters. The molecule has 0 saturated carbocycles. The Morgan fingerprint density at radius 1 is 1.29 bits per heavy atom. The Labute approximate surface area is 112 Å². The molecular formula is C12H8BrClFNO. The van der Waals surface area contributed by atoms with Crippen molar-refractivity contribution in [3.8, 4) is 11.6 Å². The monoisotopic (exact) mass is 315 g/mol. The summed E-state index contributed by atoms with van der Waals surface area (Å²) in [5.41, 5.74) is 0.769. The van der Waals surface area contributed by atoms with Crippen LogP contribution in [0.15, 0.2) is 41.0 Å². The molecule has 0 saturated heterocycles. The number of hydrogen-bond acceptors (Lipinski definition) is 2. The number of aromatic nitrogens is 1. The van der Waals surface area contributed by atoms with Gasteiger partial charge in [0.05, 0.1) is 5.88 Å². The zero-order chi connectivity index (χ0) is 12.3. The van der Waals surface area contributed by atoms with Gasteiger partial charge in [0, 0.05) is 16.2 Å². The van der Waals surface area contributed by atoms with Crippen LogP contribution in [0.3, 0.4) is 0 Å². The first-order chi connectivity index (χ1) is 8.19. The van der Waals surface area contributed by atoms with E-state index < -0.39 is 0 Å². The van der Waals surface area contributed by atoms with Crippen LogP contribution in [0.2, 0.25) is 0 Å². The second-order valence-electron chi connectivity index (χ2n) is 3.31. The molecule has 0 aliphatic carbocycles. The number of pyridine rings is 1. The van der Waals surface area contributed by atoms with Crippen molar-refractivity contribution in [1.29, 1.82) is 0 Å². The third-order valence-corrected chi connectivity index (χ3v) is 2.79. The Kier molecular flexibility index (Phi) is 3.97. The summed E-state index contributed by atoms with van der Waals surface area (Å²) < 4.78 is 19.1. The highest BCUT2D eigenvalue weighted by atomic mass is 79.9. The summed E-state index contributed by atoms with van der Waals surface area (Å²) in [4.78, 5) is 4.12. The standard InChI is InChI=1S/C12H8BrClFNO/c13-9-5-8(6-14)12(16-7-9)17-11-3-1-10(15)2-4-11/h1-5,7H,6H2. The van der Waals surface area contributed by atoms with Gasteiger partial charge in [0.15, 0.2) is 0 Å². The summed E-state index contributed by atoms with van der Waals surface area (Å²) in [6.07, 6.45) is 1.62. The van der Waals surface area contributed by atoms with Gasteiger partial charge in [-0.05, 0) is 46.3 Å². The Hall–Kier alpha value is -1.13. The number of alkyl halides is 1. The minimum Gasteiger partial charge on any atom is -0.439 e. The molecular weight excluding hydrogens is 308 g/mol. The minimum absolute atomic E-state index is 0.295. The van der Waals surface area contributed by atoms with Crippen LogP contribution >= 0.6 is 27.5 Å². The summed E-state index contributed by atoms with van der Waals surface area (Å²) in [7, 11) is 0. The molecule has 0 N–H and O–H groups in total. The predicted molar refractivity (Wildman–Crippen MR) is 68.0 cm³/mol. The predicted octanol–water partition coefficient (Wildman–Crippen LogP) is 4.51. The van der Waals surface area contributed by atoms with Crippen LogP contribution in [0.4, 0.5) is 4.39 Å². The number of hydrogen-bond donors (Lipinski definition) is 0. The van der Waals surface area contributed by atoms with E-state index in [0.717, 1.165) is 10.0 Å². The third kappa shape index (κ3) is 3.17. The Morgan fingerprint density at radius 2 is 2.00 bits per heavy atom. The van der Waals surface area contributed by atoms with Crippen molar-refractivity contribution in [1.82, 2.24) is 4.98 Å². The zero-order valence-electron chi connectivity index (χ0n) is 8.66. The Morgan fingerprint density at radius 3 is 2.65 bits per heavy atom. The van der Waals surface area contributed by atoms with E-state index in [2.05, 4.69) is 20.9 Å². The molecule has 0 bridgehead atoms. The first kappa shape index (κ1) is 12.3. The number of ether oxygens (including phenoxy) is 1. The topological polar surface area (TPSA) is 22.1 Å². The fraction of sp³-hybridized carbons (Fsp3) is 0.0833. The lowest BCUT2D eigenvalue weighted by atomic mass is 10.3. The van der Waals surface area contributed by atoms with Gasteiger partial charge in [-0.3, -0.25) is 0 Å². The van der Waals surface area contributed by atoms with E-state index in [1.54, 1.807) is 6.20 Å². The molecule has 0 aliphatic heterocycles. The second-order valence-corrected chi connectivity index (χ2v) is 4.49. The van der Waals surface area contributed by atoms with E-state index in [9.17, 15) is 4.39 Å². The number of rotatable bonds is 3. The van der Waals surface area contributed by atoms with Crippen molar-refractivity contribution in [2.75, 3.05) is 0 Å². The average molecular weight is 317 g/mol. The van der Waals surface area contributed by atoms with Crippen molar-refractivity contribution in [3.05, 3.63) is 52.4 Å². The molecule has 0 unspecified atom stereocenters. The van der Waals surface area contributed by atoms with Crippen molar-refractivity contribution >= 4 is 27.5 Å². The molecule has 0 fully saturated rings. The number of nitrogens with zero attached hydrogens (tertiary/aromatic N) is 1. The SMILES string of the molecule is Fc1ccc(Oc2ncc(Br)cc2CCl)cc1. The highest BCUT2D eigenvalue weighted by Crippen LogP contribution is 2.26. The summed E-state index contributed by atoms with van der Waals surface area (Å²) in [6.45, 7) is 0. The van der Waals surface area contributed by atoms with Crippen LogP contribution < -0.4 is 4.74 Å². The fourth-order valence-corrected chi connectivity index (χ4v) is 1.84. The molecule has 17 heavy (non-hydrogen) atoms. The van der Waals surface area contributed by atoms with Gasteiger partial charge in [0.1, 0.15) is 11.6 Å². The van der Waals surface area contributed by atoms with Gasteiger partial charge < -0.3 is 4.74 Å². The lowest BCUT2D eigenvalue weighted by Crippen LogP contribution is -1.93. The molecule has 1 aromatic carbocycles. The summed E-state index contributed by atoms with van der Waals surface area (Å²) in [5, 5.41) is 0. The van der Waals surface area contributed by atoms with E-state index in [-0.39, 0.29) is 5.82 Å². The van der Waals surface area contributed by atoms with Gasteiger partial charge in [0.2, 0.25) is 5.88 Å². The lowest BCUT2D eigenvalue weighted by Gasteiger charge is -2.08. The van der Waals surface area contributed by atoms with E-state index in [1.807, 2.05) is 6.07 Å². The van der Waals surface area contributed by atoms with Gasteiger partial charge in [0.25, 0.3) is 0 Å². The molecule has 5 heteroatoms. The van der Waals surface area contributed by atoms with Crippen molar-refractivity contribution in [2.24, 2.45) is 0 Å². The quantitative estimate of drug-likeness (QED) is 0.777. The van der Waals surface area contributed by atoms with E-state index in [0.29, 0.717) is 17.5 Å². The Balaban J connectivity index is 2.26. The van der Waals surface area contributed by atoms with Crippen LogP contribution in [0.1, 0.15) is 5.56 Å². The molecule has 1 aromatic heterocycles. The molecule has 0 amide bonds. The summed E-state index contributed by atoms with van der Waals surface area (Å²) in [6, 6.07) is 7.57. The maximum atomic E-state index is 12.7. The molecule has 88 valence electrons. The van der Waals surface area contributed by atoms with Crippen LogP contribution in [-0.2, 0) is 5.88 Å². The maximum Gasteiger partial charge on any atom is 0.223 e. The first-order valence-electron chi connectivity index (χ1n) is 4.83. The second kappa shape index (κ2) is 5.47. The molecule has 2 nitrogen and oxygen atoms in total. The molecule has 2 aromatic rings. The fourth-order valence-electron chi connectivity index (χ4n) is 1.27. The van der Waals surface area contributed by atoms with Gasteiger partial charge >= 0.3 is 0 Å². The highest BCUT2D eigenvalue weighted by molar-refractivity contribution is 9.10. The molecule has 0 radical (unpaired) electrons. The van der Waals surface area contributed by atoms with Gasteiger partial charge in [-0.1, -0.05) is 0 Å². The zero-order valence-corrected chi connectivity index (χ0v) is 11.0. The first-order valence-corrected chi connectivity index (χ1v) is 6.15. The third-order valence-electron chi connectivity index (χ3n) is 2.06. The molecule has 0 spiro atoms. The number of benzene rings is 1. The van der Waals surface area contributed by atoms with Crippen LogP contribution in [0, 0.1) is 5.82 Å². The van der Waals surface area contributed by atoms with E-state index >= 15 is 0 Å². The molecule has 2 rings (SSSR count). The van der Waals surface area contributed by atoms with Gasteiger partial charge in [-0.25, -0.2) is 9.37 Å².